The standard InChI is InChI=1S/C25H22F3N3O7/c1-2-19(22(33)34)30-23(35)37-12-15-11-31(24(36)38-15)14-8-7-13-9-20(29-21(32)17(13)10-14)16-5-3-4-6-18(16)25(26,27)28/h3-10,15,19H,2,11-12H2,1H3,(H,29,32)(H,30,35)(H,33,34)/t15-,19?/m1/s1. The van der Waals surface area contributed by atoms with Crippen molar-refractivity contribution in [3.63, 3.8) is 0 Å². The molecule has 1 aliphatic rings. The number of fused-ring (bicyclic) bond motifs is 1. The van der Waals surface area contributed by atoms with E-state index in [0.717, 1.165) is 6.07 Å². The molecule has 0 spiro atoms. The largest absolute Gasteiger partial charge is 0.480 e. The maximum absolute atomic E-state index is 13.4. The van der Waals surface area contributed by atoms with Gasteiger partial charge in [-0.2, -0.15) is 13.2 Å². The number of ether oxygens (including phenoxy) is 2. The second-order valence-corrected chi connectivity index (χ2v) is 8.49. The maximum Gasteiger partial charge on any atom is 0.417 e. The van der Waals surface area contributed by atoms with Crippen LogP contribution in [0.2, 0.25) is 0 Å². The number of carbonyl (C=O) groups is 3. The number of carboxylic acid groups (broad SMARTS) is 1. The number of aliphatic carboxylic acids is 1. The summed E-state index contributed by atoms with van der Waals surface area (Å²) in [5.74, 6) is -1.22. The van der Waals surface area contributed by atoms with Crippen molar-refractivity contribution in [3.8, 4) is 11.3 Å². The van der Waals surface area contributed by atoms with Gasteiger partial charge in [0.25, 0.3) is 5.56 Å². The molecule has 3 aromatic rings. The monoisotopic (exact) mass is 533 g/mol. The lowest BCUT2D eigenvalue weighted by molar-refractivity contribution is -0.139. The van der Waals surface area contributed by atoms with Crippen LogP contribution >= 0.6 is 0 Å². The molecule has 0 radical (unpaired) electrons. The second kappa shape index (κ2) is 10.4. The van der Waals surface area contributed by atoms with Crippen molar-refractivity contribution in [1.29, 1.82) is 0 Å². The normalized spacial score (nSPS) is 16.3. The fourth-order valence-electron chi connectivity index (χ4n) is 4.04. The molecule has 2 heterocycles. The number of H-pyrrole nitrogens is 1. The quantitative estimate of drug-likeness (QED) is 0.415. The fourth-order valence-corrected chi connectivity index (χ4v) is 4.04. The predicted octanol–water partition coefficient (Wildman–Crippen LogP) is 4.13. The number of carboxylic acids is 1. The SMILES string of the molecule is CCC(NC(=O)OC[C@H]1CN(c2ccc3cc(-c4ccccc4C(F)(F)F)[nH]c(=O)c3c2)C(=O)O1)C(=O)O. The van der Waals surface area contributed by atoms with E-state index in [1.165, 1.54) is 47.4 Å². The molecule has 1 aromatic heterocycles. The zero-order valence-electron chi connectivity index (χ0n) is 19.9. The van der Waals surface area contributed by atoms with Gasteiger partial charge in [0.15, 0.2) is 6.10 Å². The van der Waals surface area contributed by atoms with E-state index in [-0.39, 0.29) is 36.2 Å². The highest BCUT2D eigenvalue weighted by Gasteiger charge is 2.35. The summed E-state index contributed by atoms with van der Waals surface area (Å²) in [6.45, 7) is 1.22. The van der Waals surface area contributed by atoms with Gasteiger partial charge in [0.2, 0.25) is 0 Å². The molecule has 0 aliphatic carbocycles. The van der Waals surface area contributed by atoms with Crippen molar-refractivity contribution >= 4 is 34.6 Å². The molecule has 0 saturated carbocycles. The zero-order valence-corrected chi connectivity index (χ0v) is 19.9. The summed E-state index contributed by atoms with van der Waals surface area (Å²) in [5, 5.41) is 11.7. The molecular formula is C25H22F3N3O7. The van der Waals surface area contributed by atoms with Crippen LogP contribution in [0.15, 0.2) is 53.3 Å². The Bertz CT molecular complexity index is 1450. The van der Waals surface area contributed by atoms with Crippen LogP contribution in [-0.2, 0) is 20.4 Å². The van der Waals surface area contributed by atoms with Gasteiger partial charge in [0.05, 0.1) is 12.1 Å². The minimum atomic E-state index is -4.61. The third-order valence-corrected chi connectivity index (χ3v) is 5.94. The third kappa shape index (κ3) is 5.56. The zero-order chi connectivity index (χ0) is 27.6. The van der Waals surface area contributed by atoms with Crippen LogP contribution in [-0.4, -0.2) is 53.5 Å². The lowest BCUT2D eigenvalue weighted by atomic mass is 10.0. The van der Waals surface area contributed by atoms with Crippen LogP contribution in [0.3, 0.4) is 0 Å². The van der Waals surface area contributed by atoms with Gasteiger partial charge in [-0.3, -0.25) is 9.69 Å². The Labute approximate surface area is 213 Å². The molecule has 13 heteroatoms. The van der Waals surface area contributed by atoms with Gasteiger partial charge < -0.3 is 24.9 Å². The highest BCUT2D eigenvalue weighted by atomic mass is 19.4. The molecule has 1 saturated heterocycles. The number of amides is 2. The number of benzene rings is 2. The number of aromatic nitrogens is 1. The number of nitrogens with one attached hydrogen (secondary N) is 2. The molecule has 10 nitrogen and oxygen atoms in total. The van der Waals surface area contributed by atoms with E-state index in [9.17, 15) is 32.3 Å². The number of alkyl halides is 3. The first kappa shape index (κ1) is 26.5. The number of carbonyl (C=O) groups excluding carboxylic acids is 2. The molecule has 1 fully saturated rings. The topological polar surface area (TPSA) is 138 Å². The molecule has 0 bridgehead atoms. The summed E-state index contributed by atoms with van der Waals surface area (Å²) >= 11 is 0. The van der Waals surface area contributed by atoms with Crippen LogP contribution in [0.1, 0.15) is 18.9 Å². The first-order chi connectivity index (χ1) is 18.0. The van der Waals surface area contributed by atoms with Crippen LogP contribution in [0.4, 0.5) is 28.4 Å². The molecule has 38 heavy (non-hydrogen) atoms. The summed E-state index contributed by atoms with van der Waals surface area (Å²) < 4.78 is 50.5. The number of pyridine rings is 1. The maximum atomic E-state index is 13.4. The summed E-state index contributed by atoms with van der Waals surface area (Å²) in [4.78, 5) is 51.8. The summed E-state index contributed by atoms with van der Waals surface area (Å²) in [6, 6.07) is 9.61. The van der Waals surface area contributed by atoms with Gasteiger partial charge in [-0.05, 0) is 36.1 Å². The number of cyclic esters (lactones) is 1. The van der Waals surface area contributed by atoms with Crippen LogP contribution in [0.25, 0.3) is 22.0 Å². The van der Waals surface area contributed by atoms with E-state index < -0.39 is 47.6 Å². The highest BCUT2D eigenvalue weighted by molar-refractivity contribution is 5.95. The van der Waals surface area contributed by atoms with Crippen LogP contribution in [0, 0.1) is 0 Å². The predicted molar refractivity (Wildman–Crippen MR) is 129 cm³/mol. The second-order valence-electron chi connectivity index (χ2n) is 8.49. The lowest BCUT2D eigenvalue weighted by Crippen LogP contribution is -2.41. The summed E-state index contributed by atoms with van der Waals surface area (Å²) in [7, 11) is 0. The van der Waals surface area contributed by atoms with Crippen molar-refractivity contribution in [2.75, 3.05) is 18.1 Å². The highest BCUT2D eigenvalue weighted by Crippen LogP contribution is 2.36. The van der Waals surface area contributed by atoms with E-state index in [2.05, 4.69) is 10.3 Å². The van der Waals surface area contributed by atoms with Crippen molar-refractivity contribution in [2.24, 2.45) is 0 Å². The molecule has 1 unspecified atom stereocenters. The average Bonchev–Trinajstić information content (AvgIpc) is 3.25. The molecule has 200 valence electrons. The number of hydrogen-bond acceptors (Lipinski definition) is 6. The van der Waals surface area contributed by atoms with Crippen molar-refractivity contribution < 1.29 is 42.1 Å². The Balaban J connectivity index is 1.51. The number of halogens is 3. The van der Waals surface area contributed by atoms with Gasteiger partial charge in [-0.1, -0.05) is 31.2 Å². The first-order valence-corrected chi connectivity index (χ1v) is 11.5. The molecule has 2 atom stereocenters. The minimum absolute atomic E-state index is 0.00698. The number of rotatable bonds is 7. The Morgan fingerprint density at radius 3 is 2.63 bits per heavy atom. The summed E-state index contributed by atoms with van der Waals surface area (Å²) in [5.41, 5.74) is -1.43. The molecule has 2 aromatic carbocycles. The number of anilines is 1. The van der Waals surface area contributed by atoms with Gasteiger partial charge >= 0.3 is 24.3 Å². The Morgan fingerprint density at radius 2 is 1.95 bits per heavy atom. The van der Waals surface area contributed by atoms with E-state index in [4.69, 9.17) is 14.6 Å². The number of alkyl carbamates (subject to hydrolysis) is 1. The average molecular weight is 533 g/mol. The molecular weight excluding hydrogens is 511 g/mol. The van der Waals surface area contributed by atoms with Gasteiger partial charge in [0, 0.05) is 22.3 Å². The lowest BCUT2D eigenvalue weighted by Gasteiger charge is -2.15. The van der Waals surface area contributed by atoms with Crippen molar-refractivity contribution in [1.82, 2.24) is 10.3 Å². The van der Waals surface area contributed by atoms with Crippen molar-refractivity contribution in [2.45, 2.75) is 31.7 Å². The number of aromatic amines is 1. The van der Waals surface area contributed by atoms with Crippen molar-refractivity contribution in [3.05, 3.63) is 64.4 Å². The minimum Gasteiger partial charge on any atom is -0.480 e. The number of nitrogens with zero attached hydrogens (tertiary/aromatic N) is 1. The summed E-state index contributed by atoms with van der Waals surface area (Å²) in [6.07, 6.45) is -7.06. The molecule has 1 aliphatic heterocycles. The van der Waals surface area contributed by atoms with Gasteiger partial charge in [-0.25, -0.2) is 14.4 Å². The van der Waals surface area contributed by atoms with E-state index >= 15 is 0 Å². The van der Waals surface area contributed by atoms with Gasteiger partial charge in [-0.15, -0.1) is 0 Å². The first-order valence-electron chi connectivity index (χ1n) is 11.5. The van der Waals surface area contributed by atoms with E-state index in [0.29, 0.717) is 11.1 Å². The molecule has 2 amide bonds. The smallest absolute Gasteiger partial charge is 0.417 e. The van der Waals surface area contributed by atoms with Crippen LogP contribution in [0.5, 0.6) is 0 Å². The Hall–Kier alpha value is -4.55. The molecule has 4 rings (SSSR count). The van der Waals surface area contributed by atoms with E-state index in [1.54, 1.807) is 6.92 Å². The van der Waals surface area contributed by atoms with E-state index in [1.807, 2.05) is 0 Å². The Morgan fingerprint density at radius 1 is 1.21 bits per heavy atom. The van der Waals surface area contributed by atoms with Gasteiger partial charge in [0.1, 0.15) is 12.6 Å². The Kier molecular flexibility index (Phi) is 7.28. The molecule has 3 N–H and O–H groups in total. The van der Waals surface area contributed by atoms with Crippen LogP contribution < -0.4 is 15.8 Å². The number of hydrogen-bond donors (Lipinski definition) is 3. The fraction of sp³-hybridized carbons (Fsp3) is 0.280. The third-order valence-electron chi connectivity index (χ3n) is 5.94.